The SMILES string of the molecule is O=C(CNC(=O)c1ccc(-c2ccccc2)cc1)NCc1ccc(N2CCc3ccccc3C2)nc1. The third-order valence-electron chi connectivity index (χ3n) is 6.42. The Bertz CT molecular complexity index is 1340. The molecule has 0 saturated carbocycles. The summed E-state index contributed by atoms with van der Waals surface area (Å²) in [5.74, 6) is 0.407. The van der Waals surface area contributed by atoms with Crippen molar-refractivity contribution in [1.29, 1.82) is 0 Å². The second-order valence-electron chi connectivity index (χ2n) is 8.87. The molecule has 0 aliphatic carbocycles. The van der Waals surface area contributed by atoms with Crippen molar-refractivity contribution in [3.63, 3.8) is 0 Å². The topological polar surface area (TPSA) is 74.3 Å². The van der Waals surface area contributed by atoms with Crippen LogP contribution < -0.4 is 15.5 Å². The van der Waals surface area contributed by atoms with Gasteiger partial charge in [-0.25, -0.2) is 4.98 Å². The molecule has 4 aromatic rings. The number of carbonyl (C=O) groups excluding carboxylic acids is 2. The molecular formula is C30H28N4O2. The number of benzene rings is 3. The van der Waals surface area contributed by atoms with Gasteiger partial charge in [-0.05, 0) is 52.4 Å². The number of aromatic nitrogens is 1. The third-order valence-corrected chi connectivity index (χ3v) is 6.42. The Balaban J connectivity index is 1.08. The fourth-order valence-corrected chi connectivity index (χ4v) is 4.37. The molecule has 6 nitrogen and oxygen atoms in total. The van der Waals surface area contributed by atoms with Crippen molar-refractivity contribution in [2.24, 2.45) is 0 Å². The van der Waals surface area contributed by atoms with E-state index in [4.69, 9.17) is 0 Å². The number of anilines is 1. The van der Waals surface area contributed by atoms with Crippen LogP contribution in [0.4, 0.5) is 5.82 Å². The lowest BCUT2D eigenvalue weighted by molar-refractivity contribution is -0.120. The summed E-state index contributed by atoms with van der Waals surface area (Å²) in [4.78, 5) is 31.6. The van der Waals surface area contributed by atoms with Crippen molar-refractivity contribution in [2.45, 2.75) is 19.5 Å². The number of amides is 2. The summed E-state index contributed by atoms with van der Waals surface area (Å²) in [6.07, 6.45) is 2.81. The molecule has 0 bridgehead atoms. The minimum atomic E-state index is -0.279. The molecular weight excluding hydrogens is 448 g/mol. The van der Waals surface area contributed by atoms with Crippen molar-refractivity contribution >= 4 is 17.6 Å². The first-order valence-electron chi connectivity index (χ1n) is 12.1. The van der Waals surface area contributed by atoms with E-state index in [1.165, 1.54) is 11.1 Å². The predicted molar refractivity (Wildman–Crippen MR) is 141 cm³/mol. The fourth-order valence-electron chi connectivity index (χ4n) is 4.37. The van der Waals surface area contributed by atoms with Gasteiger partial charge in [-0.3, -0.25) is 9.59 Å². The van der Waals surface area contributed by atoms with Crippen LogP contribution >= 0.6 is 0 Å². The summed E-state index contributed by atoms with van der Waals surface area (Å²) in [5.41, 5.74) is 6.30. The van der Waals surface area contributed by atoms with Gasteiger partial charge in [0.1, 0.15) is 5.82 Å². The highest BCUT2D eigenvalue weighted by molar-refractivity contribution is 5.96. The maximum absolute atomic E-state index is 12.4. The average molecular weight is 477 g/mol. The zero-order chi connectivity index (χ0) is 24.7. The molecule has 0 fully saturated rings. The second kappa shape index (κ2) is 10.9. The first kappa shape index (κ1) is 23.3. The maximum atomic E-state index is 12.4. The molecule has 1 aliphatic rings. The first-order valence-corrected chi connectivity index (χ1v) is 12.1. The molecule has 3 aromatic carbocycles. The number of rotatable bonds is 7. The summed E-state index contributed by atoms with van der Waals surface area (Å²) in [6, 6.07) is 29.8. The molecule has 1 aliphatic heterocycles. The van der Waals surface area contributed by atoms with Gasteiger partial charge in [0.05, 0.1) is 6.54 Å². The molecule has 0 radical (unpaired) electrons. The van der Waals surface area contributed by atoms with Crippen molar-refractivity contribution < 1.29 is 9.59 Å². The molecule has 5 rings (SSSR count). The fraction of sp³-hybridized carbons (Fsp3) is 0.167. The molecule has 180 valence electrons. The molecule has 0 spiro atoms. The van der Waals surface area contributed by atoms with E-state index in [2.05, 4.69) is 44.8 Å². The minimum Gasteiger partial charge on any atom is -0.352 e. The van der Waals surface area contributed by atoms with Gasteiger partial charge in [0.2, 0.25) is 5.91 Å². The Kier molecular flexibility index (Phi) is 7.03. The van der Waals surface area contributed by atoms with Gasteiger partial charge in [0.25, 0.3) is 5.91 Å². The zero-order valence-corrected chi connectivity index (χ0v) is 20.0. The van der Waals surface area contributed by atoms with Gasteiger partial charge in [0, 0.05) is 31.4 Å². The van der Waals surface area contributed by atoms with Gasteiger partial charge in [-0.15, -0.1) is 0 Å². The lowest BCUT2D eigenvalue weighted by Crippen LogP contribution is -2.36. The summed E-state index contributed by atoms with van der Waals surface area (Å²) in [6.45, 7) is 2.07. The maximum Gasteiger partial charge on any atom is 0.251 e. The molecule has 2 N–H and O–H groups in total. The van der Waals surface area contributed by atoms with Gasteiger partial charge >= 0.3 is 0 Å². The van der Waals surface area contributed by atoms with Crippen LogP contribution in [-0.4, -0.2) is 29.9 Å². The highest BCUT2D eigenvalue weighted by Gasteiger charge is 2.17. The van der Waals surface area contributed by atoms with Gasteiger partial charge in [0.15, 0.2) is 0 Å². The summed E-state index contributed by atoms with van der Waals surface area (Å²) >= 11 is 0. The van der Waals surface area contributed by atoms with E-state index in [0.717, 1.165) is 42.0 Å². The number of hydrogen-bond acceptors (Lipinski definition) is 4. The number of nitrogens with one attached hydrogen (secondary N) is 2. The number of pyridine rings is 1. The van der Waals surface area contributed by atoms with E-state index < -0.39 is 0 Å². The number of fused-ring (bicyclic) bond motifs is 1. The zero-order valence-electron chi connectivity index (χ0n) is 20.0. The van der Waals surface area contributed by atoms with Gasteiger partial charge in [-0.2, -0.15) is 0 Å². The van der Waals surface area contributed by atoms with E-state index in [0.29, 0.717) is 12.1 Å². The minimum absolute atomic E-state index is 0.0853. The lowest BCUT2D eigenvalue weighted by atomic mass is 10.00. The Morgan fingerprint density at radius 3 is 2.25 bits per heavy atom. The van der Waals surface area contributed by atoms with Crippen LogP contribution in [0.3, 0.4) is 0 Å². The molecule has 1 aromatic heterocycles. The molecule has 0 unspecified atom stereocenters. The number of nitrogens with zero attached hydrogens (tertiary/aromatic N) is 2. The molecule has 2 amide bonds. The van der Waals surface area contributed by atoms with Crippen molar-refractivity contribution in [1.82, 2.24) is 15.6 Å². The van der Waals surface area contributed by atoms with E-state index in [-0.39, 0.29) is 18.4 Å². The van der Waals surface area contributed by atoms with Crippen LogP contribution in [0.25, 0.3) is 11.1 Å². The summed E-state index contributed by atoms with van der Waals surface area (Å²) in [5, 5.41) is 5.52. The van der Waals surface area contributed by atoms with Crippen LogP contribution in [0.2, 0.25) is 0 Å². The van der Waals surface area contributed by atoms with E-state index in [1.807, 2.05) is 54.6 Å². The third kappa shape index (κ3) is 5.61. The number of hydrogen-bond donors (Lipinski definition) is 2. The molecule has 0 saturated heterocycles. The summed E-state index contributed by atoms with van der Waals surface area (Å²) in [7, 11) is 0. The average Bonchev–Trinajstić information content (AvgIpc) is 2.95. The Morgan fingerprint density at radius 2 is 1.50 bits per heavy atom. The van der Waals surface area contributed by atoms with Crippen LogP contribution in [-0.2, 0) is 24.3 Å². The monoisotopic (exact) mass is 476 g/mol. The molecule has 6 heteroatoms. The summed E-state index contributed by atoms with van der Waals surface area (Å²) < 4.78 is 0. The van der Waals surface area contributed by atoms with Crippen molar-refractivity contribution in [3.8, 4) is 11.1 Å². The van der Waals surface area contributed by atoms with Crippen LogP contribution in [0.1, 0.15) is 27.0 Å². The molecule has 2 heterocycles. The first-order chi connectivity index (χ1) is 17.7. The second-order valence-corrected chi connectivity index (χ2v) is 8.87. The van der Waals surface area contributed by atoms with Crippen molar-refractivity contribution in [2.75, 3.05) is 18.0 Å². The standard InChI is InChI=1S/C30H28N4O2/c35-29(20-33-30(36)26-13-11-25(12-14-26)23-6-2-1-3-7-23)32-19-22-10-15-28(31-18-22)34-17-16-24-8-4-5-9-27(24)21-34/h1-15,18H,16-17,19-21H2,(H,32,35)(H,33,36). The van der Waals surface area contributed by atoms with Gasteiger partial charge in [-0.1, -0.05) is 72.8 Å². The molecule has 36 heavy (non-hydrogen) atoms. The smallest absolute Gasteiger partial charge is 0.251 e. The highest BCUT2D eigenvalue weighted by atomic mass is 16.2. The van der Waals surface area contributed by atoms with E-state index >= 15 is 0 Å². The number of carbonyl (C=O) groups is 2. The Morgan fingerprint density at radius 1 is 0.778 bits per heavy atom. The van der Waals surface area contributed by atoms with E-state index in [9.17, 15) is 9.59 Å². The highest BCUT2D eigenvalue weighted by Crippen LogP contribution is 2.23. The molecule has 0 atom stereocenters. The Hall–Kier alpha value is -4.45. The van der Waals surface area contributed by atoms with Crippen LogP contribution in [0.5, 0.6) is 0 Å². The van der Waals surface area contributed by atoms with Crippen LogP contribution in [0, 0.1) is 0 Å². The lowest BCUT2D eigenvalue weighted by Gasteiger charge is -2.29. The Labute approximate surface area is 211 Å². The van der Waals surface area contributed by atoms with Crippen molar-refractivity contribution in [3.05, 3.63) is 119 Å². The largest absolute Gasteiger partial charge is 0.352 e. The van der Waals surface area contributed by atoms with Crippen LogP contribution in [0.15, 0.2) is 97.2 Å². The quantitative estimate of drug-likeness (QED) is 0.416. The normalized spacial score (nSPS) is 12.5. The van der Waals surface area contributed by atoms with Gasteiger partial charge < -0.3 is 15.5 Å². The predicted octanol–water partition coefficient (Wildman–Crippen LogP) is 4.36. The van der Waals surface area contributed by atoms with E-state index in [1.54, 1.807) is 18.3 Å².